The lowest BCUT2D eigenvalue weighted by Crippen LogP contribution is -2.44. The Morgan fingerprint density at radius 2 is 2.12 bits per heavy atom. The van der Waals surface area contributed by atoms with E-state index in [-0.39, 0.29) is 34.1 Å². The van der Waals surface area contributed by atoms with Gasteiger partial charge in [-0.25, -0.2) is 4.98 Å². The molecule has 0 spiro atoms. The van der Waals surface area contributed by atoms with Crippen LogP contribution >= 0.6 is 0 Å². The van der Waals surface area contributed by atoms with E-state index in [1.807, 2.05) is 0 Å². The number of hydrogen-bond donors (Lipinski definition) is 2. The highest BCUT2D eigenvalue weighted by Gasteiger charge is 2.40. The fraction of sp³-hybridized carbons (Fsp3) is 0.375. The molecule has 0 amide bonds. The fourth-order valence-corrected chi connectivity index (χ4v) is 3.94. The molecule has 2 bridgehead atoms. The molecule has 2 saturated heterocycles. The number of aromatic nitrogens is 2. The predicted molar refractivity (Wildman–Crippen MR) is 86.3 cm³/mol. The van der Waals surface area contributed by atoms with Crippen molar-refractivity contribution in [1.29, 1.82) is 0 Å². The number of hydrogen-bond acceptors (Lipinski definition) is 6. The van der Waals surface area contributed by atoms with Crippen molar-refractivity contribution < 1.29 is 17.6 Å². The Morgan fingerprint density at radius 3 is 2.80 bits per heavy atom. The molecule has 25 heavy (non-hydrogen) atoms. The summed E-state index contributed by atoms with van der Waals surface area (Å²) in [7, 11) is 0. The smallest absolute Gasteiger partial charge is 0.417 e. The molecule has 2 aliphatic heterocycles. The molecule has 9 heteroatoms. The zero-order valence-corrected chi connectivity index (χ0v) is 13.0. The molecule has 2 fully saturated rings. The number of rotatable bonds is 1. The molecule has 0 saturated carbocycles. The molecule has 6 nitrogen and oxygen atoms in total. The van der Waals surface area contributed by atoms with Crippen LogP contribution in [0.5, 0.6) is 0 Å². The molecule has 1 aromatic carbocycles. The summed E-state index contributed by atoms with van der Waals surface area (Å²) in [6, 6.07) is 4.44. The summed E-state index contributed by atoms with van der Waals surface area (Å²) in [5.41, 5.74) is 5.53. The maximum absolute atomic E-state index is 13.4. The Kier molecular flexibility index (Phi) is 2.81. The Bertz CT molecular complexity index is 999. The normalized spacial score (nSPS) is 23.2. The van der Waals surface area contributed by atoms with Crippen molar-refractivity contribution in [3.63, 3.8) is 0 Å². The third kappa shape index (κ3) is 2.08. The summed E-state index contributed by atoms with van der Waals surface area (Å²) in [6.45, 7) is 1.53. The largest absolute Gasteiger partial charge is 0.450 e. The molecule has 5 rings (SSSR count). The van der Waals surface area contributed by atoms with Gasteiger partial charge in [0.1, 0.15) is 11.1 Å². The van der Waals surface area contributed by atoms with E-state index in [4.69, 9.17) is 10.2 Å². The Balaban J connectivity index is 1.81. The van der Waals surface area contributed by atoms with Gasteiger partial charge in [0.2, 0.25) is 5.95 Å². The number of nitrogens with one attached hydrogen (secondary N) is 1. The third-order valence-corrected chi connectivity index (χ3v) is 4.97. The van der Waals surface area contributed by atoms with Crippen molar-refractivity contribution in [2.75, 3.05) is 23.7 Å². The molecule has 2 aliphatic rings. The van der Waals surface area contributed by atoms with Crippen molar-refractivity contribution in [2.24, 2.45) is 0 Å². The summed E-state index contributed by atoms with van der Waals surface area (Å²) < 4.78 is 46.0. The molecule has 1 unspecified atom stereocenters. The van der Waals surface area contributed by atoms with Gasteiger partial charge in [-0.3, -0.25) is 0 Å². The minimum atomic E-state index is -4.51. The summed E-state index contributed by atoms with van der Waals surface area (Å²) in [6.07, 6.45) is -3.54. The van der Waals surface area contributed by atoms with Crippen LogP contribution in [0.3, 0.4) is 0 Å². The first-order valence-electron chi connectivity index (χ1n) is 7.98. The number of halogens is 3. The molecule has 2 aromatic heterocycles. The van der Waals surface area contributed by atoms with Gasteiger partial charge in [0.25, 0.3) is 0 Å². The highest BCUT2D eigenvalue weighted by Crippen LogP contribution is 2.42. The van der Waals surface area contributed by atoms with Crippen molar-refractivity contribution in [3.8, 4) is 0 Å². The molecule has 3 N–H and O–H groups in total. The Morgan fingerprint density at radius 1 is 1.28 bits per heavy atom. The highest BCUT2D eigenvalue weighted by molar-refractivity contribution is 6.08. The minimum absolute atomic E-state index is 0.0575. The molecule has 3 aromatic rings. The van der Waals surface area contributed by atoms with Crippen molar-refractivity contribution >= 4 is 33.8 Å². The summed E-state index contributed by atoms with van der Waals surface area (Å²) in [4.78, 5) is 10.4. The van der Waals surface area contributed by atoms with Crippen LogP contribution in [0, 0.1) is 0 Å². The van der Waals surface area contributed by atoms with Gasteiger partial charge in [-0.15, -0.1) is 0 Å². The first kappa shape index (κ1) is 14.8. The maximum atomic E-state index is 13.4. The van der Waals surface area contributed by atoms with Crippen LogP contribution < -0.4 is 16.0 Å². The predicted octanol–water partition coefficient (Wildman–Crippen LogP) is 2.53. The number of benzene rings is 1. The average Bonchev–Trinajstić information content (AvgIpc) is 3.26. The Hall–Kier alpha value is -2.55. The van der Waals surface area contributed by atoms with E-state index in [1.54, 1.807) is 0 Å². The molecular weight excluding hydrogens is 335 g/mol. The lowest BCUT2D eigenvalue weighted by atomic mass is 10.1. The van der Waals surface area contributed by atoms with Gasteiger partial charge in [-0.1, -0.05) is 6.07 Å². The maximum Gasteiger partial charge on any atom is 0.417 e. The minimum Gasteiger partial charge on any atom is -0.450 e. The average molecular weight is 349 g/mol. The second-order valence-electron chi connectivity index (χ2n) is 6.51. The van der Waals surface area contributed by atoms with E-state index in [2.05, 4.69) is 20.2 Å². The van der Waals surface area contributed by atoms with Crippen LogP contribution in [0.2, 0.25) is 0 Å². The lowest BCUT2D eigenvalue weighted by Gasteiger charge is -2.28. The lowest BCUT2D eigenvalue weighted by molar-refractivity contribution is -0.136. The highest BCUT2D eigenvalue weighted by atomic mass is 19.4. The number of piperazine rings is 1. The van der Waals surface area contributed by atoms with Gasteiger partial charge in [-0.2, -0.15) is 18.2 Å². The quantitative estimate of drug-likeness (QED) is 0.703. The number of furan rings is 1. The van der Waals surface area contributed by atoms with Crippen molar-refractivity contribution in [2.45, 2.75) is 24.7 Å². The Labute approximate surface area is 139 Å². The first-order chi connectivity index (χ1) is 11.9. The van der Waals surface area contributed by atoms with Crippen LogP contribution in [-0.4, -0.2) is 35.1 Å². The third-order valence-electron chi connectivity index (χ3n) is 4.97. The monoisotopic (exact) mass is 349 g/mol. The van der Waals surface area contributed by atoms with Gasteiger partial charge >= 0.3 is 6.18 Å². The topological polar surface area (TPSA) is 80.2 Å². The van der Waals surface area contributed by atoms with E-state index in [0.717, 1.165) is 25.6 Å². The van der Waals surface area contributed by atoms with Gasteiger partial charge in [0.05, 0.1) is 10.9 Å². The van der Waals surface area contributed by atoms with Gasteiger partial charge in [0.15, 0.2) is 11.4 Å². The van der Waals surface area contributed by atoms with Crippen molar-refractivity contribution in [3.05, 3.63) is 23.8 Å². The van der Waals surface area contributed by atoms with E-state index in [9.17, 15) is 13.2 Å². The standard InChI is InChI=1S/C16H14F3N5O/c17-16(18,19)9-2-1-3-10-11(9)12-13(25-10)14(23-15(20)22-12)24-6-7-4-8(24)5-21-7/h1-3,7-8,21H,4-6H2,(H2,20,22,23)/t7?,8-/m0/s1. The number of nitrogen functional groups attached to an aromatic ring is 1. The van der Waals surface area contributed by atoms with Crippen LogP contribution in [-0.2, 0) is 6.18 Å². The van der Waals surface area contributed by atoms with Crippen LogP contribution in [0.4, 0.5) is 24.9 Å². The number of anilines is 2. The summed E-state index contributed by atoms with van der Waals surface area (Å²) >= 11 is 0. The SMILES string of the molecule is Nc1nc(N2CC3C[C@H]2CN3)c2oc3cccc(C(F)(F)F)c3c2n1. The zero-order valence-electron chi connectivity index (χ0n) is 13.0. The zero-order chi connectivity index (χ0) is 17.3. The van der Waals surface area contributed by atoms with Gasteiger partial charge in [0, 0.05) is 25.2 Å². The van der Waals surface area contributed by atoms with Crippen LogP contribution in [0.25, 0.3) is 22.1 Å². The van der Waals surface area contributed by atoms with Crippen LogP contribution in [0.1, 0.15) is 12.0 Å². The molecule has 0 aliphatic carbocycles. The molecular formula is C16H14F3N5O. The van der Waals surface area contributed by atoms with E-state index >= 15 is 0 Å². The van der Waals surface area contributed by atoms with Crippen LogP contribution in [0.15, 0.2) is 22.6 Å². The number of alkyl halides is 3. The molecule has 130 valence electrons. The molecule has 0 radical (unpaired) electrons. The van der Waals surface area contributed by atoms with E-state index < -0.39 is 11.7 Å². The van der Waals surface area contributed by atoms with Crippen molar-refractivity contribution in [1.82, 2.24) is 15.3 Å². The summed E-state index contributed by atoms with van der Waals surface area (Å²) in [5.74, 6) is 0.415. The first-order valence-corrected chi connectivity index (χ1v) is 7.98. The van der Waals surface area contributed by atoms with E-state index in [1.165, 1.54) is 12.1 Å². The van der Waals surface area contributed by atoms with E-state index in [0.29, 0.717) is 11.9 Å². The second kappa shape index (κ2) is 4.75. The summed E-state index contributed by atoms with van der Waals surface area (Å²) in [5, 5.41) is 3.31. The van der Waals surface area contributed by atoms with Gasteiger partial charge in [-0.05, 0) is 18.6 Å². The van der Waals surface area contributed by atoms with Gasteiger partial charge < -0.3 is 20.4 Å². The number of nitrogens with two attached hydrogens (primary N) is 1. The number of nitrogens with zero attached hydrogens (tertiary/aromatic N) is 3. The fourth-order valence-electron chi connectivity index (χ4n) is 3.94. The second-order valence-corrected chi connectivity index (χ2v) is 6.51. The number of fused-ring (bicyclic) bond motifs is 5. The molecule has 4 heterocycles. The molecule has 2 atom stereocenters.